The van der Waals surface area contributed by atoms with Gasteiger partial charge in [-0.25, -0.2) is 0 Å². The first kappa shape index (κ1) is 18.2. The zero-order valence-electron chi connectivity index (χ0n) is 13.9. The number of carbonyl (C=O) groups excluding carboxylic acids is 2. The van der Waals surface area contributed by atoms with Gasteiger partial charge in [-0.1, -0.05) is 0 Å². The Morgan fingerprint density at radius 1 is 1.00 bits per heavy atom. The number of piperazine rings is 1. The number of aliphatic hydroxyl groups excluding tert-OH is 2. The van der Waals surface area contributed by atoms with Crippen molar-refractivity contribution in [2.45, 2.75) is 12.2 Å². The van der Waals surface area contributed by atoms with Crippen molar-refractivity contribution >= 4 is 23.2 Å². The molecule has 0 spiro atoms. The summed E-state index contributed by atoms with van der Waals surface area (Å²) < 4.78 is 0. The second-order valence-electron chi connectivity index (χ2n) is 5.83. The Morgan fingerprint density at radius 2 is 1.54 bits per heavy atom. The van der Waals surface area contributed by atoms with Gasteiger partial charge in [-0.3, -0.25) is 9.59 Å². The SMILES string of the molecule is CNC(=O)C(O)C(O)C(=O)Nc1ccc(N2CCN(C)CC2)cc1. The van der Waals surface area contributed by atoms with E-state index >= 15 is 0 Å². The van der Waals surface area contributed by atoms with E-state index < -0.39 is 24.0 Å². The molecule has 1 aromatic rings. The molecule has 0 saturated carbocycles. The molecule has 0 bridgehead atoms. The molecule has 1 saturated heterocycles. The van der Waals surface area contributed by atoms with Crippen molar-refractivity contribution in [1.82, 2.24) is 10.2 Å². The van der Waals surface area contributed by atoms with Crippen molar-refractivity contribution in [3.63, 3.8) is 0 Å². The van der Waals surface area contributed by atoms with Gasteiger partial charge >= 0.3 is 0 Å². The lowest BCUT2D eigenvalue weighted by atomic mass is 10.1. The van der Waals surface area contributed by atoms with Crippen LogP contribution in [0.5, 0.6) is 0 Å². The first-order chi connectivity index (χ1) is 11.4. The zero-order chi connectivity index (χ0) is 17.7. The molecule has 2 atom stereocenters. The normalized spacial score (nSPS) is 17.9. The van der Waals surface area contributed by atoms with Gasteiger partial charge in [-0.05, 0) is 31.3 Å². The van der Waals surface area contributed by atoms with Crippen LogP contribution in [0.25, 0.3) is 0 Å². The van der Waals surface area contributed by atoms with Crippen molar-refractivity contribution < 1.29 is 19.8 Å². The molecule has 2 rings (SSSR count). The van der Waals surface area contributed by atoms with Crippen LogP contribution in [-0.4, -0.2) is 79.4 Å². The van der Waals surface area contributed by atoms with Crippen molar-refractivity contribution in [3.05, 3.63) is 24.3 Å². The third-order valence-electron chi connectivity index (χ3n) is 4.09. The van der Waals surface area contributed by atoms with Crippen molar-refractivity contribution in [2.75, 3.05) is 50.5 Å². The van der Waals surface area contributed by atoms with Gasteiger partial charge in [0, 0.05) is 44.6 Å². The van der Waals surface area contributed by atoms with Gasteiger partial charge in [-0.15, -0.1) is 0 Å². The maximum absolute atomic E-state index is 11.9. The number of hydrogen-bond acceptors (Lipinski definition) is 6. The van der Waals surface area contributed by atoms with E-state index in [1.807, 2.05) is 12.1 Å². The quantitative estimate of drug-likeness (QED) is 0.541. The maximum Gasteiger partial charge on any atom is 0.256 e. The Labute approximate surface area is 141 Å². The number of likely N-dealkylation sites (N-methyl/N-ethyl adjacent to an activating group) is 2. The molecule has 8 nitrogen and oxygen atoms in total. The highest BCUT2D eigenvalue weighted by molar-refractivity contribution is 5.98. The summed E-state index contributed by atoms with van der Waals surface area (Å²) in [6, 6.07) is 7.24. The fourth-order valence-corrected chi connectivity index (χ4v) is 2.47. The second-order valence-corrected chi connectivity index (χ2v) is 5.83. The van der Waals surface area contributed by atoms with Crippen LogP contribution in [0.4, 0.5) is 11.4 Å². The van der Waals surface area contributed by atoms with E-state index in [0.29, 0.717) is 5.69 Å². The summed E-state index contributed by atoms with van der Waals surface area (Å²) >= 11 is 0. The Morgan fingerprint density at radius 3 is 2.08 bits per heavy atom. The lowest BCUT2D eigenvalue weighted by molar-refractivity contribution is -0.142. The van der Waals surface area contributed by atoms with Crippen LogP contribution in [0.2, 0.25) is 0 Å². The highest BCUT2D eigenvalue weighted by atomic mass is 16.3. The second kappa shape index (κ2) is 8.09. The lowest BCUT2D eigenvalue weighted by Crippen LogP contribution is -2.46. The van der Waals surface area contributed by atoms with Crippen LogP contribution in [0, 0.1) is 0 Å². The number of carbonyl (C=O) groups is 2. The number of anilines is 2. The number of benzene rings is 1. The number of amides is 2. The van der Waals surface area contributed by atoms with E-state index in [-0.39, 0.29) is 0 Å². The molecule has 2 unspecified atom stereocenters. The van der Waals surface area contributed by atoms with E-state index in [1.54, 1.807) is 12.1 Å². The van der Waals surface area contributed by atoms with Gasteiger partial charge in [0.05, 0.1) is 0 Å². The Bertz CT molecular complexity index is 570. The fourth-order valence-electron chi connectivity index (χ4n) is 2.47. The molecule has 0 aromatic heterocycles. The minimum atomic E-state index is -1.83. The van der Waals surface area contributed by atoms with Crippen LogP contribution in [-0.2, 0) is 9.59 Å². The Balaban J connectivity index is 1.93. The average Bonchev–Trinajstić information content (AvgIpc) is 2.61. The number of rotatable bonds is 5. The topological polar surface area (TPSA) is 105 Å². The van der Waals surface area contributed by atoms with E-state index in [9.17, 15) is 19.8 Å². The molecule has 1 aromatic carbocycles. The summed E-state index contributed by atoms with van der Waals surface area (Å²) in [7, 11) is 3.40. The van der Waals surface area contributed by atoms with Gasteiger partial charge in [0.25, 0.3) is 11.8 Å². The Hall–Kier alpha value is -2.16. The minimum absolute atomic E-state index is 0.487. The van der Waals surface area contributed by atoms with Gasteiger partial charge in [-0.2, -0.15) is 0 Å². The number of nitrogens with zero attached hydrogens (tertiary/aromatic N) is 2. The predicted octanol–water partition coefficient (Wildman–Crippen LogP) is -1.16. The number of hydrogen-bond donors (Lipinski definition) is 4. The van der Waals surface area contributed by atoms with E-state index in [2.05, 4.69) is 27.5 Å². The summed E-state index contributed by atoms with van der Waals surface area (Å²) in [5, 5.41) is 23.9. The molecular formula is C16H24N4O4. The molecule has 1 aliphatic rings. The standard InChI is InChI=1S/C16H24N4O4/c1-17-15(23)13(21)14(22)16(24)18-11-3-5-12(6-4-11)20-9-7-19(2)8-10-20/h3-6,13-14,21-22H,7-10H2,1-2H3,(H,17,23)(H,18,24). The van der Waals surface area contributed by atoms with Crippen LogP contribution < -0.4 is 15.5 Å². The monoisotopic (exact) mass is 336 g/mol. The predicted molar refractivity (Wildman–Crippen MR) is 90.9 cm³/mol. The van der Waals surface area contributed by atoms with Gasteiger partial charge in [0.2, 0.25) is 0 Å². The molecule has 4 N–H and O–H groups in total. The molecule has 0 radical (unpaired) electrons. The van der Waals surface area contributed by atoms with E-state index in [1.165, 1.54) is 7.05 Å². The summed E-state index contributed by atoms with van der Waals surface area (Å²) in [6.07, 6.45) is -3.64. The van der Waals surface area contributed by atoms with Crippen LogP contribution >= 0.6 is 0 Å². The first-order valence-electron chi connectivity index (χ1n) is 7.84. The number of nitrogens with one attached hydrogen (secondary N) is 2. The van der Waals surface area contributed by atoms with E-state index in [0.717, 1.165) is 31.9 Å². The van der Waals surface area contributed by atoms with Crippen molar-refractivity contribution in [1.29, 1.82) is 0 Å². The molecule has 132 valence electrons. The zero-order valence-corrected chi connectivity index (χ0v) is 13.9. The first-order valence-corrected chi connectivity index (χ1v) is 7.84. The summed E-state index contributed by atoms with van der Waals surface area (Å²) in [5.41, 5.74) is 1.55. The Kier molecular flexibility index (Phi) is 6.13. The van der Waals surface area contributed by atoms with Crippen LogP contribution in [0.3, 0.4) is 0 Å². The molecule has 1 heterocycles. The minimum Gasteiger partial charge on any atom is -0.380 e. The molecule has 0 aliphatic carbocycles. The summed E-state index contributed by atoms with van der Waals surface area (Å²) in [5.74, 6) is -1.65. The van der Waals surface area contributed by atoms with Crippen LogP contribution in [0.1, 0.15) is 0 Å². The largest absolute Gasteiger partial charge is 0.380 e. The summed E-state index contributed by atoms with van der Waals surface area (Å²) in [4.78, 5) is 27.7. The highest BCUT2D eigenvalue weighted by Crippen LogP contribution is 2.19. The van der Waals surface area contributed by atoms with E-state index in [4.69, 9.17) is 0 Å². The fraction of sp³-hybridized carbons (Fsp3) is 0.500. The molecule has 1 fully saturated rings. The smallest absolute Gasteiger partial charge is 0.256 e. The van der Waals surface area contributed by atoms with Gasteiger partial charge in [0.15, 0.2) is 12.2 Å². The lowest BCUT2D eigenvalue weighted by Gasteiger charge is -2.34. The van der Waals surface area contributed by atoms with Crippen LogP contribution in [0.15, 0.2) is 24.3 Å². The molecule has 8 heteroatoms. The molecule has 2 amide bonds. The molecule has 24 heavy (non-hydrogen) atoms. The highest BCUT2D eigenvalue weighted by Gasteiger charge is 2.29. The molecule has 1 aliphatic heterocycles. The maximum atomic E-state index is 11.9. The summed E-state index contributed by atoms with van der Waals surface area (Å²) in [6.45, 7) is 3.89. The van der Waals surface area contributed by atoms with Crippen molar-refractivity contribution in [3.8, 4) is 0 Å². The van der Waals surface area contributed by atoms with Gasteiger partial charge < -0.3 is 30.6 Å². The van der Waals surface area contributed by atoms with Crippen molar-refractivity contribution in [2.24, 2.45) is 0 Å². The molecular weight excluding hydrogens is 312 g/mol. The number of aliphatic hydroxyl groups is 2. The van der Waals surface area contributed by atoms with Gasteiger partial charge in [0.1, 0.15) is 0 Å². The third kappa shape index (κ3) is 4.44. The average molecular weight is 336 g/mol. The third-order valence-corrected chi connectivity index (χ3v) is 4.09.